The zero-order chi connectivity index (χ0) is 15.9. The molecule has 2 heterocycles. The summed E-state index contributed by atoms with van der Waals surface area (Å²) in [5.41, 5.74) is 0.392. The highest BCUT2D eigenvalue weighted by Gasteiger charge is 2.30. The van der Waals surface area contributed by atoms with Crippen LogP contribution in [-0.2, 0) is 0 Å². The molecule has 0 unspecified atom stereocenters. The molecule has 1 aromatic heterocycles. The molecule has 2 aromatic rings. The van der Waals surface area contributed by atoms with Crippen molar-refractivity contribution in [1.82, 2.24) is 9.88 Å². The number of carbonyl (C=O) groups is 1. The SMILES string of the molecule is C[C@@H]1SCCN(C(=O)c2cc(=O)[nH]c3ccc(F)cc23)[C@@H]1C. The largest absolute Gasteiger partial charge is 0.334 e. The van der Waals surface area contributed by atoms with E-state index in [0.717, 1.165) is 5.75 Å². The molecule has 1 fully saturated rings. The summed E-state index contributed by atoms with van der Waals surface area (Å²) in [6.45, 7) is 4.73. The Morgan fingerprint density at radius 1 is 1.36 bits per heavy atom. The number of nitrogens with one attached hydrogen (secondary N) is 1. The van der Waals surface area contributed by atoms with Crippen LogP contribution in [0.15, 0.2) is 29.1 Å². The van der Waals surface area contributed by atoms with Crippen molar-refractivity contribution in [3.05, 3.63) is 46.0 Å². The van der Waals surface area contributed by atoms with E-state index in [1.54, 1.807) is 4.90 Å². The number of pyridine rings is 1. The molecule has 1 aliphatic heterocycles. The van der Waals surface area contributed by atoms with Crippen molar-refractivity contribution in [2.24, 2.45) is 0 Å². The minimum atomic E-state index is -0.427. The van der Waals surface area contributed by atoms with Crippen molar-refractivity contribution in [2.75, 3.05) is 12.3 Å². The number of nitrogens with zero attached hydrogens (tertiary/aromatic N) is 1. The van der Waals surface area contributed by atoms with Crippen LogP contribution < -0.4 is 5.56 Å². The fourth-order valence-corrected chi connectivity index (χ4v) is 3.88. The van der Waals surface area contributed by atoms with Gasteiger partial charge in [-0.2, -0.15) is 11.8 Å². The molecule has 0 bridgehead atoms. The molecule has 0 aliphatic carbocycles. The Morgan fingerprint density at radius 2 is 2.14 bits per heavy atom. The van der Waals surface area contributed by atoms with Crippen LogP contribution in [0.5, 0.6) is 0 Å². The van der Waals surface area contributed by atoms with E-state index >= 15 is 0 Å². The highest BCUT2D eigenvalue weighted by atomic mass is 32.2. The van der Waals surface area contributed by atoms with Crippen molar-refractivity contribution in [1.29, 1.82) is 0 Å². The molecule has 1 amide bonds. The van der Waals surface area contributed by atoms with E-state index in [4.69, 9.17) is 0 Å². The highest BCUT2D eigenvalue weighted by Crippen LogP contribution is 2.27. The molecule has 0 radical (unpaired) electrons. The summed E-state index contributed by atoms with van der Waals surface area (Å²) in [7, 11) is 0. The van der Waals surface area contributed by atoms with Crippen molar-refractivity contribution in [3.8, 4) is 0 Å². The third-order valence-corrected chi connectivity index (χ3v) is 5.52. The molecule has 6 heteroatoms. The van der Waals surface area contributed by atoms with Crippen LogP contribution in [0, 0.1) is 5.82 Å². The second-order valence-corrected chi connectivity index (χ2v) is 7.04. The van der Waals surface area contributed by atoms with Gasteiger partial charge in [-0.15, -0.1) is 0 Å². The van der Waals surface area contributed by atoms with Gasteiger partial charge in [-0.25, -0.2) is 4.39 Å². The molecule has 22 heavy (non-hydrogen) atoms. The second kappa shape index (κ2) is 5.76. The van der Waals surface area contributed by atoms with Crippen LogP contribution in [0.25, 0.3) is 10.9 Å². The maximum absolute atomic E-state index is 13.5. The predicted octanol–water partition coefficient (Wildman–Crippen LogP) is 2.63. The van der Waals surface area contributed by atoms with Gasteiger partial charge in [0.2, 0.25) is 5.56 Å². The minimum Gasteiger partial charge on any atom is -0.334 e. The van der Waals surface area contributed by atoms with Gasteiger partial charge in [-0.3, -0.25) is 9.59 Å². The first-order valence-corrected chi connectivity index (χ1v) is 8.27. The van der Waals surface area contributed by atoms with E-state index in [2.05, 4.69) is 11.9 Å². The monoisotopic (exact) mass is 320 g/mol. The van der Waals surface area contributed by atoms with Gasteiger partial charge in [0.05, 0.1) is 5.56 Å². The van der Waals surface area contributed by atoms with E-state index < -0.39 is 5.82 Å². The van der Waals surface area contributed by atoms with E-state index in [0.29, 0.717) is 22.7 Å². The molecule has 4 nitrogen and oxygen atoms in total. The number of hydrogen-bond acceptors (Lipinski definition) is 3. The van der Waals surface area contributed by atoms with Gasteiger partial charge < -0.3 is 9.88 Å². The first-order chi connectivity index (χ1) is 10.5. The molecule has 0 saturated carbocycles. The summed E-state index contributed by atoms with van der Waals surface area (Å²) in [4.78, 5) is 29.1. The van der Waals surface area contributed by atoms with Gasteiger partial charge >= 0.3 is 0 Å². The molecule has 0 spiro atoms. The minimum absolute atomic E-state index is 0.0779. The van der Waals surface area contributed by atoms with Gasteiger partial charge in [-0.1, -0.05) is 6.92 Å². The van der Waals surface area contributed by atoms with Crippen LogP contribution in [0.1, 0.15) is 24.2 Å². The van der Waals surface area contributed by atoms with Crippen LogP contribution >= 0.6 is 11.8 Å². The molecular weight excluding hydrogens is 303 g/mol. The summed E-state index contributed by atoms with van der Waals surface area (Å²) in [5.74, 6) is 0.234. The van der Waals surface area contributed by atoms with E-state index in [1.807, 2.05) is 18.7 Å². The number of benzene rings is 1. The van der Waals surface area contributed by atoms with Crippen molar-refractivity contribution in [3.63, 3.8) is 0 Å². The Labute approximate surface area is 131 Å². The summed E-state index contributed by atoms with van der Waals surface area (Å²) in [5, 5.41) is 0.783. The Kier molecular flexibility index (Phi) is 3.95. The fraction of sp³-hybridized carbons (Fsp3) is 0.375. The molecule has 3 rings (SSSR count). The quantitative estimate of drug-likeness (QED) is 0.879. The summed E-state index contributed by atoms with van der Waals surface area (Å²) < 4.78 is 13.5. The van der Waals surface area contributed by atoms with Gasteiger partial charge in [-0.05, 0) is 25.1 Å². The zero-order valence-corrected chi connectivity index (χ0v) is 13.2. The molecule has 2 atom stereocenters. The number of hydrogen-bond donors (Lipinski definition) is 1. The first-order valence-electron chi connectivity index (χ1n) is 7.22. The maximum atomic E-state index is 13.5. The number of rotatable bonds is 1. The van der Waals surface area contributed by atoms with Crippen LogP contribution in [0.3, 0.4) is 0 Å². The topological polar surface area (TPSA) is 53.2 Å². The lowest BCUT2D eigenvalue weighted by atomic mass is 10.1. The Balaban J connectivity index is 2.10. The third-order valence-electron chi connectivity index (χ3n) is 4.18. The summed E-state index contributed by atoms with van der Waals surface area (Å²) in [6.07, 6.45) is 0. The second-order valence-electron chi connectivity index (χ2n) is 5.55. The molecular formula is C16H17FN2O2S. The van der Waals surface area contributed by atoms with Crippen LogP contribution in [0.2, 0.25) is 0 Å². The lowest BCUT2D eigenvalue weighted by molar-refractivity contribution is 0.0700. The number of aromatic amines is 1. The predicted molar refractivity (Wildman–Crippen MR) is 86.9 cm³/mol. The molecule has 1 saturated heterocycles. The van der Waals surface area contributed by atoms with E-state index in [1.165, 1.54) is 24.3 Å². The number of amides is 1. The van der Waals surface area contributed by atoms with E-state index in [9.17, 15) is 14.0 Å². The number of aromatic nitrogens is 1. The Hall–Kier alpha value is -1.82. The standard InChI is InChI=1S/C16H17FN2O2S/c1-9-10(2)22-6-5-19(9)16(21)13-8-15(20)18-14-4-3-11(17)7-12(13)14/h3-4,7-10H,5-6H2,1-2H3,(H,18,20)/t9-,10+/m1/s1. The fourth-order valence-electron chi connectivity index (χ4n) is 2.78. The molecule has 1 aromatic carbocycles. The summed E-state index contributed by atoms with van der Waals surface area (Å²) >= 11 is 1.83. The average molecular weight is 320 g/mol. The number of thioether (sulfide) groups is 1. The van der Waals surface area contributed by atoms with Crippen molar-refractivity contribution < 1.29 is 9.18 Å². The maximum Gasteiger partial charge on any atom is 0.255 e. The van der Waals surface area contributed by atoms with Gasteiger partial charge in [0.15, 0.2) is 0 Å². The number of H-pyrrole nitrogens is 1. The van der Waals surface area contributed by atoms with Crippen molar-refractivity contribution in [2.45, 2.75) is 25.1 Å². The van der Waals surface area contributed by atoms with Gasteiger partial charge in [0.25, 0.3) is 5.91 Å². The van der Waals surface area contributed by atoms with Crippen LogP contribution in [-0.4, -0.2) is 39.4 Å². The van der Waals surface area contributed by atoms with Crippen molar-refractivity contribution >= 4 is 28.6 Å². The smallest absolute Gasteiger partial charge is 0.255 e. The lowest BCUT2D eigenvalue weighted by Gasteiger charge is -2.37. The zero-order valence-electron chi connectivity index (χ0n) is 12.4. The Bertz CT molecular complexity index is 789. The lowest BCUT2D eigenvalue weighted by Crippen LogP contribution is -2.48. The van der Waals surface area contributed by atoms with E-state index in [-0.39, 0.29) is 23.1 Å². The van der Waals surface area contributed by atoms with Gasteiger partial charge in [0.1, 0.15) is 5.82 Å². The number of fused-ring (bicyclic) bond motifs is 1. The highest BCUT2D eigenvalue weighted by molar-refractivity contribution is 8.00. The average Bonchev–Trinajstić information content (AvgIpc) is 2.49. The number of halogens is 1. The normalized spacial score (nSPS) is 22.0. The molecule has 1 N–H and O–H groups in total. The van der Waals surface area contributed by atoms with Gasteiger partial charge in [0, 0.05) is 40.6 Å². The molecule has 1 aliphatic rings. The first kappa shape index (κ1) is 15.1. The Morgan fingerprint density at radius 3 is 2.91 bits per heavy atom. The summed E-state index contributed by atoms with van der Waals surface area (Å²) in [6, 6.07) is 5.40. The number of carbonyl (C=O) groups excluding carboxylic acids is 1. The molecule has 116 valence electrons. The third kappa shape index (κ3) is 2.63. The van der Waals surface area contributed by atoms with Crippen LogP contribution in [0.4, 0.5) is 4.39 Å².